The Morgan fingerprint density at radius 1 is 1.43 bits per heavy atom. The molecule has 1 saturated heterocycles. The second kappa shape index (κ2) is 4.07. The molecule has 2 nitrogen and oxygen atoms in total. The van der Waals surface area contributed by atoms with Gasteiger partial charge in [-0.1, -0.05) is 12.1 Å². The molecule has 2 N–H and O–H groups in total. The molecule has 1 aromatic rings. The van der Waals surface area contributed by atoms with Crippen molar-refractivity contribution in [3.05, 3.63) is 35.6 Å². The molecule has 3 heteroatoms. The molecule has 2 atom stereocenters. The minimum Gasteiger partial charge on any atom is -0.380 e. The van der Waals surface area contributed by atoms with E-state index in [0.29, 0.717) is 6.61 Å². The molecule has 1 aliphatic rings. The van der Waals surface area contributed by atoms with Crippen LogP contribution in [0.1, 0.15) is 17.9 Å². The number of rotatable bonds is 1. The van der Waals surface area contributed by atoms with Crippen molar-refractivity contribution in [1.29, 1.82) is 0 Å². The molecule has 0 amide bonds. The van der Waals surface area contributed by atoms with E-state index >= 15 is 0 Å². The zero-order valence-electron chi connectivity index (χ0n) is 7.95. The Morgan fingerprint density at radius 3 is 3.00 bits per heavy atom. The highest BCUT2D eigenvalue weighted by molar-refractivity contribution is 5.22. The smallest absolute Gasteiger partial charge is 0.123 e. The standard InChI is InChI=1S/C11H14FNO/c12-9-3-1-2-8(6-9)10-4-5-14-7-11(10)13/h1-3,6,10-11H,4-5,7,13H2. The Balaban J connectivity index is 2.20. The lowest BCUT2D eigenvalue weighted by Crippen LogP contribution is -2.37. The molecule has 0 aromatic heterocycles. The third-order valence-corrected chi connectivity index (χ3v) is 2.68. The number of hydrogen-bond acceptors (Lipinski definition) is 2. The lowest BCUT2D eigenvalue weighted by atomic mass is 9.88. The predicted octanol–water partition coefficient (Wildman–Crippen LogP) is 1.66. The Bertz CT molecular complexity index is 316. The van der Waals surface area contributed by atoms with Gasteiger partial charge >= 0.3 is 0 Å². The molecule has 0 bridgehead atoms. The first-order valence-corrected chi connectivity index (χ1v) is 4.86. The summed E-state index contributed by atoms with van der Waals surface area (Å²) in [7, 11) is 0. The van der Waals surface area contributed by atoms with Crippen molar-refractivity contribution in [2.75, 3.05) is 13.2 Å². The normalized spacial score (nSPS) is 27.6. The molecule has 2 unspecified atom stereocenters. The van der Waals surface area contributed by atoms with Crippen LogP contribution in [0.15, 0.2) is 24.3 Å². The fourth-order valence-corrected chi connectivity index (χ4v) is 1.91. The Hall–Kier alpha value is -0.930. The average Bonchev–Trinajstić information content (AvgIpc) is 2.18. The van der Waals surface area contributed by atoms with Crippen molar-refractivity contribution >= 4 is 0 Å². The van der Waals surface area contributed by atoms with Crippen LogP contribution < -0.4 is 5.73 Å². The van der Waals surface area contributed by atoms with Crippen LogP contribution in [0.2, 0.25) is 0 Å². The van der Waals surface area contributed by atoms with Gasteiger partial charge in [-0.05, 0) is 24.1 Å². The van der Waals surface area contributed by atoms with Gasteiger partial charge in [0.05, 0.1) is 6.61 Å². The minimum absolute atomic E-state index is 0.00875. The average molecular weight is 195 g/mol. The summed E-state index contributed by atoms with van der Waals surface area (Å²) in [6.07, 6.45) is 0.880. The van der Waals surface area contributed by atoms with Crippen molar-refractivity contribution in [3.63, 3.8) is 0 Å². The molecule has 1 fully saturated rings. The zero-order chi connectivity index (χ0) is 9.97. The summed E-state index contributed by atoms with van der Waals surface area (Å²) >= 11 is 0. The van der Waals surface area contributed by atoms with Crippen LogP contribution in [0.3, 0.4) is 0 Å². The number of hydrogen-bond donors (Lipinski definition) is 1. The van der Waals surface area contributed by atoms with Gasteiger partial charge in [0.2, 0.25) is 0 Å². The van der Waals surface area contributed by atoms with Crippen molar-refractivity contribution in [3.8, 4) is 0 Å². The number of benzene rings is 1. The maximum absolute atomic E-state index is 13.0. The van der Waals surface area contributed by atoms with E-state index in [0.717, 1.165) is 18.6 Å². The second-order valence-electron chi connectivity index (χ2n) is 3.69. The minimum atomic E-state index is -0.193. The molecular weight excluding hydrogens is 181 g/mol. The van der Waals surface area contributed by atoms with Gasteiger partial charge < -0.3 is 10.5 Å². The fourth-order valence-electron chi connectivity index (χ4n) is 1.91. The highest BCUT2D eigenvalue weighted by atomic mass is 19.1. The summed E-state index contributed by atoms with van der Waals surface area (Å²) in [6.45, 7) is 1.29. The molecule has 0 aliphatic carbocycles. The van der Waals surface area contributed by atoms with E-state index in [1.54, 1.807) is 12.1 Å². The van der Waals surface area contributed by atoms with E-state index < -0.39 is 0 Å². The third-order valence-electron chi connectivity index (χ3n) is 2.68. The summed E-state index contributed by atoms with van der Waals surface area (Å²) < 4.78 is 18.2. The van der Waals surface area contributed by atoms with Crippen LogP contribution >= 0.6 is 0 Å². The monoisotopic (exact) mass is 195 g/mol. The Kier molecular flexibility index (Phi) is 2.79. The van der Waals surface area contributed by atoms with E-state index in [9.17, 15) is 4.39 Å². The van der Waals surface area contributed by atoms with Crippen molar-refractivity contribution < 1.29 is 9.13 Å². The summed E-state index contributed by atoms with van der Waals surface area (Å²) in [6, 6.07) is 6.67. The second-order valence-corrected chi connectivity index (χ2v) is 3.69. The summed E-state index contributed by atoms with van der Waals surface area (Å²) in [5, 5.41) is 0. The van der Waals surface area contributed by atoms with E-state index in [2.05, 4.69) is 0 Å². The van der Waals surface area contributed by atoms with Gasteiger partial charge in [0, 0.05) is 18.6 Å². The Morgan fingerprint density at radius 2 is 2.29 bits per heavy atom. The molecular formula is C11H14FNO. The SMILES string of the molecule is NC1COCCC1c1cccc(F)c1. The quantitative estimate of drug-likeness (QED) is 0.739. The molecule has 1 aromatic carbocycles. The van der Waals surface area contributed by atoms with Crippen LogP contribution in [-0.4, -0.2) is 19.3 Å². The topological polar surface area (TPSA) is 35.2 Å². The predicted molar refractivity (Wildman–Crippen MR) is 52.6 cm³/mol. The summed E-state index contributed by atoms with van der Waals surface area (Å²) in [4.78, 5) is 0. The molecule has 76 valence electrons. The molecule has 0 saturated carbocycles. The van der Waals surface area contributed by atoms with Gasteiger partial charge in [-0.3, -0.25) is 0 Å². The van der Waals surface area contributed by atoms with Crippen LogP contribution in [0, 0.1) is 5.82 Å². The largest absolute Gasteiger partial charge is 0.380 e. The van der Waals surface area contributed by atoms with Crippen molar-refractivity contribution in [1.82, 2.24) is 0 Å². The fraction of sp³-hybridized carbons (Fsp3) is 0.455. The van der Waals surface area contributed by atoms with Crippen LogP contribution in [0.4, 0.5) is 4.39 Å². The molecule has 0 spiro atoms. The first-order valence-electron chi connectivity index (χ1n) is 4.86. The van der Waals surface area contributed by atoms with Crippen LogP contribution in [0.5, 0.6) is 0 Å². The summed E-state index contributed by atoms with van der Waals surface area (Å²) in [5.74, 6) is 0.0423. The summed E-state index contributed by atoms with van der Waals surface area (Å²) in [5.41, 5.74) is 6.90. The first-order chi connectivity index (χ1) is 6.77. The highest BCUT2D eigenvalue weighted by Crippen LogP contribution is 2.26. The van der Waals surface area contributed by atoms with Gasteiger partial charge in [0.25, 0.3) is 0 Å². The first kappa shape index (κ1) is 9.62. The van der Waals surface area contributed by atoms with Crippen molar-refractivity contribution in [2.45, 2.75) is 18.4 Å². The van der Waals surface area contributed by atoms with E-state index in [1.807, 2.05) is 6.07 Å². The number of nitrogens with two attached hydrogens (primary N) is 1. The zero-order valence-corrected chi connectivity index (χ0v) is 7.95. The van der Waals surface area contributed by atoms with Crippen LogP contribution in [0.25, 0.3) is 0 Å². The molecule has 2 rings (SSSR count). The molecule has 1 aliphatic heterocycles. The lowest BCUT2D eigenvalue weighted by molar-refractivity contribution is 0.0695. The molecule has 0 radical (unpaired) electrons. The third kappa shape index (κ3) is 1.94. The maximum Gasteiger partial charge on any atom is 0.123 e. The van der Waals surface area contributed by atoms with E-state index in [1.165, 1.54) is 6.07 Å². The lowest BCUT2D eigenvalue weighted by Gasteiger charge is -2.28. The van der Waals surface area contributed by atoms with Gasteiger partial charge in [-0.2, -0.15) is 0 Å². The van der Waals surface area contributed by atoms with Gasteiger partial charge in [-0.15, -0.1) is 0 Å². The van der Waals surface area contributed by atoms with Gasteiger partial charge in [0.15, 0.2) is 0 Å². The van der Waals surface area contributed by atoms with Crippen LogP contribution in [-0.2, 0) is 4.74 Å². The van der Waals surface area contributed by atoms with Gasteiger partial charge in [-0.25, -0.2) is 4.39 Å². The molecule has 1 heterocycles. The van der Waals surface area contributed by atoms with E-state index in [4.69, 9.17) is 10.5 Å². The number of ether oxygens (including phenoxy) is 1. The van der Waals surface area contributed by atoms with Gasteiger partial charge in [0.1, 0.15) is 5.82 Å². The maximum atomic E-state index is 13.0. The van der Waals surface area contributed by atoms with Crippen molar-refractivity contribution in [2.24, 2.45) is 5.73 Å². The van der Waals surface area contributed by atoms with E-state index in [-0.39, 0.29) is 17.8 Å². The highest BCUT2D eigenvalue weighted by Gasteiger charge is 2.23. The number of halogens is 1. The molecule has 14 heavy (non-hydrogen) atoms. The Labute approximate surface area is 82.9 Å².